The molecule has 6 nitrogen and oxygen atoms in total. The molecule has 4 unspecified atom stereocenters. The number of aliphatic carboxylic acids is 1. The van der Waals surface area contributed by atoms with Gasteiger partial charge in [0.1, 0.15) is 18.6 Å². The van der Waals surface area contributed by atoms with E-state index in [-0.39, 0.29) is 6.54 Å². The number of likely N-dealkylation sites (N-methyl/N-ethyl adjacent to an activating group) is 1. The molecule has 174 valence electrons. The molecule has 0 spiro atoms. The Kier molecular flexibility index (Phi) is 15.7. The van der Waals surface area contributed by atoms with Gasteiger partial charge in [-0.15, -0.1) is 0 Å². The van der Waals surface area contributed by atoms with Crippen molar-refractivity contribution >= 4 is 5.97 Å². The van der Waals surface area contributed by atoms with Crippen molar-refractivity contribution in [1.82, 2.24) is 0 Å². The second-order valence-electron chi connectivity index (χ2n) is 9.64. The molecule has 0 amide bonds. The monoisotopic (exact) mass is 418 g/mol. The molecule has 0 aliphatic rings. The van der Waals surface area contributed by atoms with Crippen molar-refractivity contribution in [3.63, 3.8) is 0 Å². The molecule has 0 fully saturated rings. The van der Waals surface area contributed by atoms with Crippen molar-refractivity contribution in [2.24, 2.45) is 5.92 Å². The highest BCUT2D eigenvalue weighted by molar-refractivity contribution is 5.71. The first-order valence-corrected chi connectivity index (χ1v) is 11.7. The van der Waals surface area contributed by atoms with Gasteiger partial charge in [0.25, 0.3) is 0 Å². The van der Waals surface area contributed by atoms with Gasteiger partial charge in [-0.05, 0) is 6.42 Å². The maximum atomic E-state index is 11.5. The molecule has 29 heavy (non-hydrogen) atoms. The Hall–Kier alpha value is -0.690. The van der Waals surface area contributed by atoms with E-state index in [1.807, 2.05) is 21.1 Å². The minimum Gasteiger partial charge on any atom is -0.481 e. The minimum absolute atomic E-state index is 0.194. The van der Waals surface area contributed by atoms with E-state index in [0.717, 1.165) is 19.3 Å². The van der Waals surface area contributed by atoms with E-state index in [1.165, 1.54) is 57.8 Å². The summed E-state index contributed by atoms with van der Waals surface area (Å²) in [5.41, 5.74) is 0. The molecule has 4 atom stereocenters. The first-order valence-electron chi connectivity index (χ1n) is 11.7. The van der Waals surface area contributed by atoms with Gasteiger partial charge in [0, 0.05) is 0 Å². The average Bonchev–Trinajstić information content (AvgIpc) is 2.60. The van der Waals surface area contributed by atoms with Gasteiger partial charge in [-0.3, -0.25) is 4.79 Å². The van der Waals surface area contributed by atoms with E-state index in [9.17, 15) is 25.2 Å². The summed E-state index contributed by atoms with van der Waals surface area (Å²) in [4.78, 5) is 11.5. The van der Waals surface area contributed by atoms with Gasteiger partial charge in [0.05, 0.1) is 33.4 Å². The smallest absolute Gasteiger partial charge is 0.312 e. The number of hydrogen-bond donors (Lipinski definition) is 4. The van der Waals surface area contributed by atoms with Crippen LogP contribution in [0.25, 0.3) is 0 Å². The molecule has 0 bridgehead atoms. The van der Waals surface area contributed by atoms with Crippen LogP contribution in [0, 0.1) is 5.92 Å². The molecule has 6 heteroatoms. The molecule has 0 saturated heterocycles. The van der Waals surface area contributed by atoms with Crippen LogP contribution in [0.4, 0.5) is 0 Å². The lowest BCUT2D eigenvalue weighted by Crippen LogP contribution is -2.51. The summed E-state index contributed by atoms with van der Waals surface area (Å²) in [6.07, 6.45) is 11.1. The van der Waals surface area contributed by atoms with Crippen LogP contribution < -0.4 is 0 Å². The Morgan fingerprint density at radius 2 is 1.14 bits per heavy atom. The molecule has 0 aromatic heterocycles. The van der Waals surface area contributed by atoms with Gasteiger partial charge < -0.3 is 24.9 Å². The van der Waals surface area contributed by atoms with Crippen molar-refractivity contribution < 1.29 is 29.7 Å². The second-order valence-corrected chi connectivity index (χ2v) is 9.64. The van der Waals surface area contributed by atoms with Crippen molar-refractivity contribution in [2.45, 2.75) is 109 Å². The van der Waals surface area contributed by atoms with Gasteiger partial charge >= 0.3 is 5.97 Å². The number of quaternary nitrogens is 1. The lowest BCUT2D eigenvalue weighted by Gasteiger charge is -2.32. The largest absolute Gasteiger partial charge is 0.481 e. The van der Waals surface area contributed by atoms with E-state index >= 15 is 0 Å². The summed E-state index contributed by atoms with van der Waals surface area (Å²) in [5, 5.41) is 40.1. The summed E-state index contributed by atoms with van der Waals surface area (Å²) in [5.74, 6) is -2.65. The Morgan fingerprint density at radius 1 is 0.724 bits per heavy atom. The van der Waals surface area contributed by atoms with Gasteiger partial charge in [0.15, 0.2) is 0 Å². The van der Waals surface area contributed by atoms with E-state index in [1.54, 1.807) is 0 Å². The molecular weight excluding hydrogens is 370 g/mol. The molecule has 0 aromatic rings. The third kappa shape index (κ3) is 14.9. The lowest BCUT2D eigenvalue weighted by atomic mass is 9.89. The van der Waals surface area contributed by atoms with Crippen LogP contribution in [0.15, 0.2) is 0 Å². The molecule has 0 aromatic carbocycles. The van der Waals surface area contributed by atoms with Crippen molar-refractivity contribution in [3.05, 3.63) is 0 Å². The average molecular weight is 419 g/mol. The number of aliphatic hydroxyl groups excluding tert-OH is 3. The first-order chi connectivity index (χ1) is 13.6. The summed E-state index contributed by atoms with van der Waals surface area (Å²) >= 11 is 0. The molecule has 0 radical (unpaired) electrons. The number of hydrogen-bond acceptors (Lipinski definition) is 4. The van der Waals surface area contributed by atoms with Gasteiger partial charge in [-0.2, -0.15) is 0 Å². The molecule has 0 aliphatic carbocycles. The highest BCUT2D eigenvalue weighted by atomic mass is 16.4. The van der Waals surface area contributed by atoms with E-state index < -0.39 is 30.2 Å². The predicted molar refractivity (Wildman–Crippen MR) is 118 cm³/mol. The Morgan fingerprint density at radius 3 is 1.52 bits per heavy atom. The number of rotatable bonds is 19. The molecule has 0 heterocycles. The maximum absolute atomic E-state index is 11.5. The summed E-state index contributed by atoms with van der Waals surface area (Å²) in [6, 6.07) is 0. The van der Waals surface area contributed by atoms with Crippen LogP contribution in [0.3, 0.4) is 0 Å². The zero-order valence-corrected chi connectivity index (χ0v) is 19.4. The predicted octanol–water partition coefficient (Wildman–Crippen LogP) is 3.57. The maximum Gasteiger partial charge on any atom is 0.312 e. The quantitative estimate of drug-likeness (QED) is 0.190. The number of nitrogens with zero attached hydrogens (tertiary/aromatic N) is 1. The fourth-order valence-electron chi connectivity index (χ4n) is 3.82. The molecule has 4 N–H and O–H groups in total. The van der Waals surface area contributed by atoms with Crippen LogP contribution in [0.5, 0.6) is 0 Å². The van der Waals surface area contributed by atoms with Gasteiger partial charge in [-0.25, -0.2) is 0 Å². The third-order valence-corrected chi connectivity index (χ3v) is 5.55. The highest BCUT2D eigenvalue weighted by Crippen LogP contribution is 2.20. The van der Waals surface area contributed by atoms with Crippen LogP contribution in [-0.4, -0.2) is 76.9 Å². The van der Waals surface area contributed by atoms with Crippen molar-refractivity contribution in [1.29, 1.82) is 0 Å². The fraction of sp³-hybridized carbons (Fsp3) is 0.957. The lowest BCUT2D eigenvalue weighted by molar-refractivity contribution is -0.874. The van der Waals surface area contributed by atoms with Crippen molar-refractivity contribution in [2.75, 3.05) is 27.7 Å². The SMILES string of the molecule is CCCCCCCCCCCCCCC(O)C(O)C(C(=O)O)C(O)C[N+](C)(C)C. The number of carboxylic acids is 1. The summed E-state index contributed by atoms with van der Waals surface area (Å²) in [6.45, 7) is 2.43. The van der Waals surface area contributed by atoms with E-state index in [4.69, 9.17) is 0 Å². The topological polar surface area (TPSA) is 98.0 Å². The summed E-state index contributed by atoms with van der Waals surface area (Å²) in [7, 11) is 5.53. The normalized spacial score (nSPS) is 16.4. The Labute approximate surface area is 178 Å². The molecule has 0 saturated carbocycles. The van der Waals surface area contributed by atoms with Crippen molar-refractivity contribution in [3.8, 4) is 0 Å². The van der Waals surface area contributed by atoms with Crippen LogP contribution in [0.1, 0.15) is 90.4 Å². The molecule has 0 rings (SSSR count). The summed E-state index contributed by atoms with van der Waals surface area (Å²) < 4.78 is 0.381. The number of aliphatic hydroxyl groups is 3. The zero-order chi connectivity index (χ0) is 22.3. The fourth-order valence-corrected chi connectivity index (χ4v) is 3.82. The number of carboxylic acid groups (broad SMARTS) is 1. The van der Waals surface area contributed by atoms with E-state index in [2.05, 4.69) is 6.92 Å². The number of carbonyl (C=O) groups is 1. The Bertz CT molecular complexity index is 411. The van der Waals surface area contributed by atoms with Crippen LogP contribution in [0.2, 0.25) is 0 Å². The van der Waals surface area contributed by atoms with Gasteiger partial charge in [-0.1, -0.05) is 84.0 Å². The van der Waals surface area contributed by atoms with Gasteiger partial charge in [0.2, 0.25) is 0 Å². The zero-order valence-electron chi connectivity index (χ0n) is 19.4. The second kappa shape index (κ2) is 16.1. The minimum atomic E-state index is -1.46. The molecule has 0 aliphatic heterocycles. The standard InChI is InChI=1S/C23H47NO5/c1-5-6-7-8-9-10-11-12-13-14-15-16-17-19(25)22(27)21(23(28)29)20(26)18-24(2,3)4/h19-22,25-27H,5-18H2,1-4H3/p+1. The highest BCUT2D eigenvalue weighted by Gasteiger charge is 2.39. The first kappa shape index (κ1) is 28.3. The van der Waals surface area contributed by atoms with E-state index in [0.29, 0.717) is 10.9 Å². The molecular formula is C23H48NO5+. The van der Waals surface area contributed by atoms with Crippen LogP contribution in [-0.2, 0) is 4.79 Å². The van der Waals surface area contributed by atoms with Crippen LogP contribution >= 0.6 is 0 Å². The number of unbranched alkanes of at least 4 members (excludes halogenated alkanes) is 11. The third-order valence-electron chi connectivity index (χ3n) is 5.55. The Balaban J connectivity index is 3.96.